The van der Waals surface area contributed by atoms with Gasteiger partial charge in [-0.2, -0.15) is 5.10 Å². The standard InChI is InChI=1S/C20H31N3O3Si/c1-19(2,3)16-13-17(21-18(24)25)23(22-16)14-10-9-11-15(12-14)26-27(7,8)20(4,5)6/h9-13,21H,1-8H3,(H,24,25). The molecule has 2 aromatic rings. The molecule has 0 spiro atoms. The van der Waals surface area contributed by atoms with Crippen molar-refractivity contribution in [1.29, 1.82) is 0 Å². The molecule has 2 rings (SSSR count). The molecule has 1 aromatic heterocycles. The number of carboxylic acid groups (broad SMARTS) is 1. The molecule has 1 heterocycles. The van der Waals surface area contributed by atoms with Gasteiger partial charge >= 0.3 is 6.09 Å². The first kappa shape index (κ1) is 21.0. The smallest absolute Gasteiger partial charge is 0.410 e. The Bertz CT molecular complexity index is 830. The first-order chi connectivity index (χ1) is 12.2. The summed E-state index contributed by atoms with van der Waals surface area (Å²) in [6.45, 7) is 17.1. The number of aromatic nitrogens is 2. The third-order valence-corrected chi connectivity index (χ3v) is 9.31. The van der Waals surface area contributed by atoms with E-state index in [9.17, 15) is 9.90 Å². The Morgan fingerprint density at radius 2 is 1.78 bits per heavy atom. The van der Waals surface area contributed by atoms with Crippen molar-refractivity contribution in [3.05, 3.63) is 36.0 Å². The van der Waals surface area contributed by atoms with Gasteiger partial charge in [-0.1, -0.05) is 47.6 Å². The summed E-state index contributed by atoms with van der Waals surface area (Å²) >= 11 is 0. The Morgan fingerprint density at radius 3 is 2.30 bits per heavy atom. The first-order valence-electron chi connectivity index (χ1n) is 9.11. The van der Waals surface area contributed by atoms with Gasteiger partial charge in [-0.25, -0.2) is 9.48 Å². The number of hydrogen-bond acceptors (Lipinski definition) is 3. The minimum atomic E-state index is -1.97. The fourth-order valence-electron chi connectivity index (χ4n) is 2.27. The maximum Gasteiger partial charge on any atom is 0.410 e. The molecule has 6 nitrogen and oxygen atoms in total. The van der Waals surface area contributed by atoms with E-state index in [1.54, 1.807) is 10.7 Å². The van der Waals surface area contributed by atoms with E-state index in [1.165, 1.54) is 0 Å². The molecule has 0 aliphatic rings. The lowest BCUT2D eigenvalue weighted by atomic mass is 9.92. The van der Waals surface area contributed by atoms with Gasteiger partial charge in [0.05, 0.1) is 11.4 Å². The van der Waals surface area contributed by atoms with Gasteiger partial charge < -0.3 is 9.53 Å². The summed E-state index contributed by atoms with van der Waals surface area (Å²) in [5.74, 6) is 1.19. The van der Waals surface area contributed by atoms with Crippen LogP contribution in [-0.4, -0.2) is 29.3 Å². The van der Waals surface area contributed by atoms with E-state index < -0.39 is 14.4 Å². The molecule has 148 valence electrons. The molecule has 1 amide bonds. The summed E-state index contributed by atoms with van der Waals surface area (Å²) < 4.78 is 8.00. The largest absolute Gasteiger partial charge is 0.543 e. The number of nitrogens with zero attached hydrogens (tertiary/aromatic N) is 2. The Labute approximate surface area is 162 Å². The van der Waals surface area contributed by atoms with Crippen molar-refractivity contribution in [3.8, 4) is 11.4 Å². The fraction of sp³-hybridized carbons (Fsp3) is 0.500. The molecule has 1 aromatic carbocycles. The Hall–Kier alpha value is -2.28. The monoisotopic (exact) mass is 389 g/mol. The quantitative estimate of drug-likeness (QED) is 0.663. The van der Waals surface area contributed by atoms with Crippen LogP contribution in [0.3, 0.4) is 0 Å². The average molecular weight is 390 g/mol. The van der Waals surface area contributed by atoms with E-state index in [0.29, 0.717) is 5.82 Å². The highest BCUT2D eigenvalue weighted by Gasteiger charge is 2.39. The summed E-state index contributed by atoms with van der Waals surface area (Å²) in [5, 5.41) is 16.3. The molecule has 0 saturated heterocycles. The van der Waals surface area contributed by atoms with Gasteiger partial charge in [0.25, 0.3) is 0 Å². The number of nitrogens with one attached hydrogen (secondary N) is 1. The number of amides is 1. The van der Waals surface area contributed by atoms with E-state index >= 15 is 0 Å². The van der Waals surface area contributed by atoms with Crippen molar-refractivity contribution in [3.63, 3.8) is 0 Å². The molecule has 0 aliphatic heterocycles. The van der Waals surface area contributed by atoms with Crippen LogP contribution in [0.4, 0.5) is 10.6 Å². The number of benzene rings is 1. The van der Waals surface area contributed by atoms with E-state index in [-0.39, 0.29) is 10.5 Å². The lowest BCUT2D eigenvalue weighted by Gasteiger charge is -2.36. The lowest BCUT2D eigenvalue weighted by molar-refractivity contribution is 0.209. The minimum Gasteiger partial charge on any atom is -0.543 e. The van der Waals surface area contributed by atoms with Crippen LogP contribution >= 0.6 is 0 Å². The summed E-state index contributed by atoms with van der Waals surface area (Å²) in [7, 11) is -1.97. The van der Waals surface area contributed by atoms with Crippen LogP contribution in [0.2, 0.25) is 18.1 Å². The van der Waals surface area contributed by atoms with Gasteiger partial charge in [0.2, 0.25) is 8.32 Å². The second-order valence-electron chi connectivity index (χ2n) is 9.37. The summed E-state index contributed by atoms with van der Waals surface area (Å²) in [6.07, 6.45) is -1.12. The Balaban J connectivity index is 2.47. The van der Waals surface area contributed by atoms with Crippen LogP contribution in [-0.2, 0) is 5.41 Å². The van der Waals surface area contributed by atoms with E-state index in [4.69, 9.17) is 4.43 Å². The molecule has 0 atom stereocenters. The van der Waals surface area contributed by atoms with Crippen molar-refractivity contribution in [2.24, 2.45) is 0 Å². The summed E-state index contributed by atoms with van der Waals surface area (Å²) in [6, 6.07) is 9.41. The topological polar surface area (TPSA) is 76.4 Å². The van der Waals surface area contributed by atoms with Crippen molar-refractivity contribution >= 4 is 20.2 Å². The van der Waals surface area contributed by atoms with Crippen molar-refractivity contribution in [1.82, 2.24) is 9.78 Å². The third-order valence-electron chi connectivity index (χ3n) is 4.95. The normalized spacial score (nSPS) is 12.7. The van der Waals surface area contributed by atoms with E-state index in [1.807, 2.05) is 45.0 Å². The van der Waals surface area contributed by atoms with E-state index in [0.717, 1.165) is 17.1 Å². The Kier molecular flexibility index (Phi) is 5.48. The maximum absolute atomic E-state index is 11.2. The molecule has 0 radical (unpaired) electrons. The molecule has 0 aliphatic carbocycles. The number of carbonyl (C=O) groups is 1. The minimum absolute atomic E-state index is 0.0874. The van der Waals surface area contributed by atoms with Gasteiger partial charge in [0, 0.05) is 17.5 Å². The van der Waals surface area contributed by atoms with Crippen LogP contribution < -0.4 is 9.74 Å². The number of rotatable bonds is 4. The van der Waals surface area contributed by atoms with Gasteiger partial charge in [-0.05, 0) is 30.3 Å². The van der Waals surface area contributed by atoms with Crippen molar-refractivity contribution < 1.29 is 14.3 Å². The predicted molar refractivity (Wildman–Crippen MR) is 112 cm³/mol. The highest BCUT2D eigenvalue weighted by atomic mass is 28.4. The molecule has 0 bridgehead atoms. The summed E-state index contributed by atoms with van der Waals surface area (Å²) in [5.41, 5.74) is 1.36. The molecular formula is C20H31N3O3Si. The van der Waals surface area contributed by atoms with Gasteiger partial charge in [0.1, 0.15) is 11.6 Å². The zero-order valence-corrected chi connectivity index (χ0v) is 18.5. The average Bonchev–Trinajstić information content (AvgIpc) is 2.89. The molecule has 0 fully saturated rings. The SMILES string of the molecule is CC(C)(C)c1cc(NC(=O)O)n(-c2cccc(O[Si](C)(C)C(C)(C)C)c2)n1. The number of anilines is 1. The van der Waals surface area contributed by atoms with E-state index in [2.05, 4.69) is 44.3 Å². The highest BCUT2D eigenvalue weighted by Crippen LogP contribution is 2.37. The van der Waals surface area contributed by atoms with Crippen LogP contribution in [0.25, 0.3) is 5.69 Å². The molecule has 2 N–H and O–H groups in total. The first-order valence-corrected chi connectivity index (χ1v) is 12.0. The van der Waals surface area contributed by atoms with Crippen molar-refractivity contribution in [2.75, 3.05) is 5.32 Å². The third kappa shape index (κ3) is 4.91. The predicted octanol–water partition coefficient (Wildman–Crippen LogP) is 5.64. The molecule has 0 saturated carbocycles. The van der Waals surface area contributed by atoms with Crippen LogP contribution in [0.1, 0.15) is 47.2 Å². The zero-order valence-electron chi connectivity index (χ0n) is 17.5. The molecular weight excluding hydrogens is 358 g/mol. The van der Waals surface area contributed by atoms with Crippen LogP contribution in [0, 0.1) is 0 Å². The van der Waals surface area contributed by atoms with Crippen LogP contribution in [0.5, 0.6) is 5.75 Å². The molecule has 7 heteroatoms. The zero-order chi connectivity index (χ0) is 20.6. The van der Waals surface area contributed by atoms with Gasteiger partial charge in [-0.3, -0.25) is 5.32 Å². The second kappa shape index (κ2) is 7.03. The number of hydrogen-bond donors (Lipinski definition) is 2. The maximum atomic E-state index is 11.2. The van der Waals surface area contributed by atoms with Crippen LogP contribution in [0.15, 0.2) is 30.3 Å². The highest BCUT2D eigenvalue weighted by molar-refractivity contribution is 6.74. The molecule has 27 heavy (non-hydrogen) atoms. The lowest BCUT2D eigenvalue weighted by Crippen LogP contribution is -2.43. The Morgan fingerprint density at radius 1 is 1.15 bits per heavy atom. The second-order valence-corrected chi connectivity index (χ2v) is 14.1. The van der Waals surface area contributed by atoms with Gasteiger partial charge in [0.15, 0.2) is 0 Å². The summed E-state index contributed by atoms with van der Waals surface area (Å²) in [4.78, 5) is 11.2. The molecule has 0 unspecified atom stereocenters. The van der Waals surface area contributed by atoms with Gasteiger partial charge in [-0.15, -0.1) is 0 Å². The van der Waals surface area contributed by atoms with Crippen molar-refractivity contribution in [2.45, 2.75) is 65.1 Å². The fourth-order valence-corrected chi connectivity index (χ4v) is 3.29.